The molecule has 3 nitrogen and oxygen atoms in total. The van der Waals surface area contributed by atoms with Crippen LogP contribution in [0.4, 0.5) is 0 Å². The van der Waals surface area contributed by atoms with E-state index in [1.54, 1.807) is 0 Å². The van der Waals surface area contributed by atoms with Crippen LogP contribution < -0.4 is 0 Å². The second-order valence-electron chi connectivity index (χ2n) is 2.72. The van der Waals surface area contributed by atoms with E-state index in [4.69, 9.17) is 23.2 Å². The number of thiophene rings is 1. The third kappa shape index (κ3) is 2.06. The van der Waals surface area contributed by atoms with Crippen molar-refractivity contribution < 1.29 is 0 Å². The Morgan fingerprint density at radius 2 is 2.27 bits per heavy atom. The van der Waals surface area contributed by atoms with E-state index >= 15 is 0 Å². The molecule has 0 fully saturated rings. The molecule has 7 heteroatoms. The van der Waals surface area contributed by atoms with Gasteiger partial charge in [0.25, 0.3) is 0 Å². The number of halogens is 2. The van der Waals surface area contributed by atoms with Gasteiger partial charge in [0, 0.05) is 0 Å². The molecular weight excluding hydrogens is 275 g/mol. The van der Waals surface area contributed by atoms with Crippen LogP contribution in [0.5, 0.6) is 0 Å². The first-order valence-electron chi connectivity index (χ1n) is 3.89. The van der Waals surface area contributed by atoms with E-state index in [-0.39, 0.29) is 5.15 Å². The Morgan fingerprint density at radius 1 is 1.47 bits per heavy atom. The van der Waals surface area contributed by atoms with E-state index in [1.165, 1.54) is 11.3 Å². The van der Waals surface area contributed by atoms with Gasteiger partial charge in [-0.15, -0.1) is 4.91 Å². The van der Waals surface area contributed by atoms with Gasteiger partial charge in [-0.05, 0) is 33.9 Å². The van der Waals surface area contributed by atoms with Crippen molar-refractivity contribution in [1.29, 1.82) is 0 Å². The van der Waals surface area contributed by atoms with Gasteiger partial charge >= 0.3 is 0 Å². The van der Waals surface area contributed by atoms with Crippen LogP contribution in [0, 0.1) is 4.91 Å². The summed E-state index contributed by atoms with van der Waals surface area (Å²) < 4.78 is 3.87. The zero-order chi connectivity index (χ0) is 10.8. The summed E-state index contributed by atoms with van der Waals surface area (Å²) in [7, 11) is 0. The maximum absolute atomic E-state index is 10.8. The minimum absolute atomic E-state index is 0.223. The fourth-order valence-corrected chi connectivity index (χ4v) is 3.10. The number of nitrogens with zero attached hydrogens (tertiary/aromatic N) is 2. The topological polar surface area (TPSA) is 42.3 Å². The second-order valence-corrected chi connectivity index (χ2v) is 5.04. The lowest BCUT2D eigenvalue weighted by molar-refractivity contribution is 0.890. The van der Waals surface area contributed by atoms with Crippen LogP contribution in [0.3, 0.4) is 0 Å². The molecule has 0 aliphatic carbocycles. The van der Waals surface area contributed by atoms with Crippen LogP contribution in [-0.4, -0.2) is 4.37 Å². The van der Waals surface area contributed by atoms with Crippen LogP contribution >= 0.6 is 46.1 Å². The summed E-state index contributed by atoms with van der Waals surface area (Å²) in [5, 5.41) is 7.33. The Morgan fingerprint density at radius 3 is 2.73 bits per heavy atom. The molecule has 0 bridgehead atoms. The van der Waals surface area contributed by atoms with Crippen molar-refractivity contribution in [2.45, 2.75) is 6.04 Å². The minimum Gasteiger partial charge on any atom is -0.179 e. The first-order valence-corrected chi connectivity index (χ1v) is 6.36. The van der Waals surface area contributed by atoms with E-state index in [0.29, 0.717) is 9.90 Å². The normalized spacial score (nSPS) is 12.7. The van der Waals surface area contributed by atoms with Crippen LogP contribution in [0.15, 0.2) is 22.0 Å². The fraction of sp³-hybridized carbons (Fsp3) is 0.125. The van der Waals surface area contributed by atoms with Gasteiger partial charge in [0.15, 0.2) is 11.2 Å². The number of rotatable bonds is 3. The van der Waals surface area contributed by atoms with Crippen molar-refractivity contribution in [2.75, 3.05) is 0 Å². The predicted octanol–water partition coefficient (Wildman–Crippen LogP) is 4.37. The zero-order valence-electron chi connectivity index (χ0n) is 7.18. The smallest absolute Gasteiger partial charge is 0.161 e. The minimum atomic E-state index is -0.603. The summed E-state index contributed by atoms with van der Waals surface area (Å²) in [5.74, 6) is 0. The molecule has 2 rings (SSSR count). The summed E-state index contributed by atoms with van der Waals surface area (Å²) in [6, 6.07) is 1.23. The second kappa shape index (κ2) is 4.57. The van der Waals surface area contributed by atoms with Crippen LogP contribution in [0.25, 0.3) is 0 Å². The van der Waals surface area contributed by atoms with Gasteiger partial charge in [0.2, 0.25) is 0 Å². The predicted molar refractivity (Wildman–Crippen MR) is 64.1 cm³/mol. The molecular formula is C8H4Cl2N2OS2. The fourth-order valence-electron chi connectivity index (χ4n) is 1.13. The van der Waals surface area contributed by atoms with Crippen LogP contribution in [0.1, 0.15) is 16.5 Å². The lowest BCUT2D eigenvalue weighted by Gasteiger charge is -2.03. The van der Waals surface area contributed by atoms with Crippen molar-refractivity contribution in [1.82, 2.24) is 4.37 Å². The average molecular weight is 279 g/mol. The summed E-state index contributed by atoms with van der Waals surface area (Å²) >= 11 is 14.2. The van der Waals surface area contributed by atoms with Crippen molar-refractivity contribution in [3.05, 3.63) is 42.3 Å². The van der Waals surface area contributed by atoms with Crippen LogP contribution in [-0.2, 0) is 0 Å². The summed E-state index contributed by atoms with van der Waals surface area (Å²) in [6.07, 6.45) is 0. The van der Waals surface area contributed by atoms with Crippen molar-refractivity contribution in [3.8, 4) is 0 Å². The molecule has 0 spiro atoms. The first-order chi connectivity index (χ1) is 7.24. The summed E-state index contributed by atoms with van der Waals surface area (Å²) in [6.45, 7) is 0. The average Bonchev–Trinajstić information content (AvgIpc) is 2.84. The highest BCUT2D eigenvalue weighted by atomic mass is 35.5. The Bertz CT molecular complexity index is 469. The monoisotopic (exact) mass is 278 g/mol. The van der Waals surface area contributed by atoms with E-state index in [2.05, 4.69) is 9.55 Å². The molecule has 2 aromatic heterocycles. The molecule has 1 unspecified atom stereocenters. The Hall–Kier alpha value is -0.490. The van der Waals surface area contributed by atoms with E-state index in [0.717, 1.165) is 17.1 Å². The first kappa shape index (κ1) is 11.0. The molecule has 2 heterocycles. The molecule has 0 saturated carbocycles. The number of aromatic nitrogens is 1. The van der Waals surface area contributed by atoms with Gasteiger partial charge in [0.1, 0.15) is 0 Å². The van der Waals surface area contributed by atoms with E-state index < -0.39 is 6.04 Å². The molecule has 0 saturated heterocycles. The highest BCUT2D eigenvalue weighted by molar-refractivity contribution is 7.08. The highest BCUT2D eigenvalue weighted by Crippen LogP contribution is 2.38. The van der Waals surface area contributed by atoms with E-state index in [9.17, 15) is 4.91 Å². The maximum atomic E-state index is 10.8. The molecule has 1 atom stereocenters. The standard InChI is InChI=1S/C8H4Cl2N2OS2/c9-5-7(15-12-8(5)10)6(11-13)4-1-2-14-3-4/h1-3,6H. The molecule has 0 aliphatic rings. The maximum Gasteiger partial charge on any atom is 0.161 e. The Labute approximate surface area is 104 Å². The lowest BCUT2D eigenvalue weighted by atomic mass is 10.1. The number of hydrogen-bond donors (Lipinski definition) is 0. The largest absolute Gasteiger partial charge is 0.179 e. The Balaban J connectivity index is 2.44. The van der Waals surface area contributed by atoms with Crippen LogP contribution in [0.2, 0.25) is 10.2 Å². The summed E-state index contributed by atoms with van der Waals surface area (Å²) in [5.41, 5.74) is 0.817. The molecule has 2 aromatic rings. The molecule has 15 heavy (non-hydrogen) atoms. The zero-order valence-corrected chi connectivity index (χ0v) is 10.3. The van der Waals surface area contributed by atoms with Crippen molar-refractivity contribution >= 4 is 46.1 Å². The SMILES string of the molecule is O=NC(c1ccsc1)c1snc(Cl)c1Cl. The molecule has 0 amide bonds. The van der Waals surface area contributed by atoms with Crippen molar-refractivity contribution in [2.24, 2.45) is 5.18 Å². The quantitative estimate of drug-likeness (QED) is 0.783. The summed E-state index contributed by atoms with van der Waals surface area (Å²) in [4.78, 5) is 11.4. The van der Waals surface area contributed by atoms with Gasteiger partial charge in [-0.2, -0.15) is 15.7 Å². The molecule has 0 aliphatic heterocycles. The molecule has 0 radical (unpaired) electrons. The third-order valence-electron chi connectivity index (χ3n) is 1.83. The molecule has 0 N–H and O–H groups in total. The van der Waals surface area contributed by atoms with Gasteiger partial charge in [0.05, 0.1) is 9.90 Å². The molecule has 0 aromatic carbocycles. The number of hydrogen-bond acceptors (Lipinski definition) is 5. The van der Waals surface area contributed by atoms with Gasteiger partial charge in [-0.1, -0.05) is 28.4 Å². The lowest BCUT2D eigenvalue weighted by Crippen LogP contribution is -1.92. The van der Waals surface area contributed by atoms with E-state index in [1.807, 2.05) is 16.8 Å². The number of nitroso groups, excluding NO2 is 1. The highest BCUT2D eigenvalue weighted by Gasteiger charge is 2.22. The van der Waals surface area contributed by atoms with Gasteiger partial charge in [-0.3, -0.25) is 0 Å². The Kier molecular flexibility index (Phi) is 3.35. The van der Waals surface area contributed by atoms with Crippen molar-refractivity contribution in [3.63, 3.8) is 0 Å². The third-order valence-corrected chi connectivity index (χ3v) is 4.40. The van der Waals surface area contributed by atoms with Gasteiger partial charge in [-0.25, -0.2) is 0 Å². The van der Waals surface area contributed by atoms with Gasteiger partial charge < -0.3 is 0 Å². The molecule has 78 valence electrons.